The van der Waals surface area contributed by atoms with Gasteiger partial charge in [0.25, 0.3) is 0 Å². The predicted octanol–water partition coefficient (Wildman–Crippen LogP) is 1.37. The van der Waals surface area contributed by atoms with Gasteiger partial charge in [-0.05, 0) is 13.8 Å². The summed E-state index contributed by atoms with van der Waals surface area (Å²) in [5, 5.41) is 3.12. The molecule has 2 aromatic rings. The molecule has 1 aliphatic heterocycles. The third kappa shape index (κ3) is 3.07. The lowest BCUT2D eigenvalue weighted by Crippen LogP contribution is -2.49. The molecule has 0 spiro atoms. The molecule has 1 N–H and O–H groups in total. The van der Waals surface area contributed by atoms with Crippen molar-refractivity contribution < 1.29 is 4.79 Å². The molecule has 0 unspecified atom stereocenters. The van der Waals surface area contributed by atoms with Crippen molar-refractivity contribution in [1.82, 2.24) is 19.9 Å². The van der Waals surface area contributed by atoms with Crippen LogP contribution in [0, 0.1) is 13.8 Å². The van der Waals surface area contributed by atoms with Gasteiger partial charge in [0, 0.05) is 37.3 Å². The maximum atomic E-state index is 12.3. The number of hydrogen-bond donors (Lipinski definition) is 1. The standard InChI is InChI=1S/C14H19N5OS/c1-10-8-21-14(17-10)19-5-3-18(4-6-19)13(20)7-12-11(2)15-9-16-12/h8-9H,3-7H2,1-2H3,(H,15,16). The van der Waals surface area contributed by atoms with Crippen LogP contribution in [-0.2, 0) is 11.2 Å². The van der Waals surface area contributed by atoms with E-state index in [1.807, 2.05) is 18.7 Å². The van der Waals surface area contributed by atoms with Gasteiger partial charge in [-0.3, -0.25) is 4.79 Å². The van der Waals surface area contributed by atoms with Crippen molar-refractivity contribution in [2.75, 3.05) is 31.1 Å². The van der Waals surface area contributed by atoms with Gasteiger partial charge in [0.15, 0.2) is 5.13 Å². The first-order chi connectivity index (χ1) is 10.1. The molecule has 1 aliphatic rings. The largest absolute Gasteiger partial charge is 0.348 e. The molecule has 3 rings (SSSR count). The molecule has 2 aromatic heterocycles. The number of carbonyl (C=O) groups is 1. The van der Waals surface area contributed by atoms with Crippen LogP contribution in [0.1, 0.15) is 17.1 Å². The van der Waals surface area contributed by atoms with Crippen molar-refractivity contribution in [2.45, 2.75) is 20.3 Å². The van der Waals surface area contributed by atoms with Crippen LogP contribution in [0.15, 0.2) is 11.7 Å². The van der Waals surface area contributed by atoms with Crippen LogP contribution in [-0.4, -0.2) is 51.9 Å². The number of hydrogen-bond acceptors (Lipinski definition) is 5. The zero-order chi connectivity index (χ0) is 14.8. The molecule has 1 amide bonds. The topological polar surface area (TPSA) is 65.1 Å². The van der Waals surface area contributed by atoms with Gasteiger partial charge < -0.3 is 14.8 Å². The predicted molar refractivity (Wildman–Crippen MR) is 82.7 cm³/mol. The molecule has 1 saturated heterocycles. The first-order valence-corrected chi connectivity index (χ1v) is 7.95. The van der Waals surface area contributed by atoms with Gasteiger partial charge in [-0.15, -0.1) is 11.3 Å². The average molecular weight is 305 g/mol. The number of aromatic nitrogens is 3. The third-order valence-corrected chi connectivity index (χ3v) is 4.78. The maximum absolute atomic E-state index is 12.3. The van der Waals surface area contributed by atoms with Gasteiger partial charge in [-0.25, -0.2) is 9.97 Å². The highest BCUT2D eigenvalue weighted by Crippen LogP contribution is 2.21. The van der Waals surface area contributed by atoms with E-state index in [1.54, 1.807) is 17.7 Å². The Morgan fingerprint density at radius 3 is 2.67 bits per heavy atom. The molecule has 0 aromatic carbocycles. The number of H-pyrrole nitrogens is 1. The lowest BCUT2D eigenvalue weighted by atomic mass is 10.2. The summed E-state index contributed by atoms with van der Waals surface area (Å²) >= 11 is 1.67. The Labute approximate surface area is 127 Å². The van der Waals surface area contributed by atoms with E-state index in [9.17, 15) is 4.79 Å². The summed E-state index contributed by atoms with van der Waals surface area (Å²) in [5.74, 6) is 0.153. The summed E-state index contributed by atoms with van der Waals surface area (Å²) in [6.45, 7) is 7.14. The Balaban J connectivity index is 1.56. The van der Waals surface area contributed by atoms with E-state index in [0.717, 1.165) is 48.4 Å². The number of rotatable bonds is 3. The van der Waals surface area contributed by atoms with Gasteiger partial charge >= 0.3 is 0 Å². The third-order valence-electron chi connectivity index (χ3n) is 3.76. The molecular formula is C14H19N5OS. The molecule has 0 bridgehead atoms. The summed E-state index contributed by atoms with van der Waals surface area (Å²) < 4.78 is 0. The smallest absolute Gasteiger partial charge is 0.228 e. The highest BCUT2D eigenvalue weighted by Gasteiger charge is 2.23. The Kier molecular flexibility index (Phi) is 3.92. The van der Waals surface area contributed by atoms with Crippen molar-refractivity contribution >= 4 is 22.4 Å². The number of aromatic amines is 1. The number of aryl methyl sites for hydroxylation is 2. The van der Waals surface area contributed by atoms with Gasteiger partial charge in [0.2, 0.25) is 5.91 Å². The van der Waals surface area contributed by atoms with E-state index in [0.29, 0.717) is 6.42 Å². The van der Waals surface area contributed by atoms with Crippen molar-refractivity contribution in [3.63, 3.8) is 0 Å². The van der Waals surface area contributed by atoms with Crippen molar-refractivity contribution in [3.8, 4) is 0 Å². The van der Waals surface area contributed by atoms with Crippen LogP contribution in [0.4, 0.5) is 5.13 Å². The second kappa shape index (κ2) is 5.85. The van der Waals surface area contributed by atoms with Gasteiger partial charge in [0.05, 0.1) is 24.1 Å². The lowest BCUT2D eigenvalue weighted by molar-refractivity contribution is -0.130. The number of carbonyl (C=O) groups excluding carboxylic acids is 1. The fraction of sp³-hybridized carbons (Fsp3) is 0.500. The number of anilines is 1. The van der Waals surface area contributed by atoms with Crippen molar-refractivity contribution in [3.05, 3.63) is 28.8 Å². The first-order valence-electron chi connectivity index (χ1n) is 7.07. The molecule has 7 heteroatoms. The minimum absolute atomic E-state index is 0.153. The van der Waals surface area contributed by atoms with Crippen LogP contribution < -0.4 is 4.90 Å². The van der Waals surface area contributed by atoms with Gasteiger partial charge in [0.1, 0.15) is 0 Å². The monoisotopic (exact) mass is 305 g/mol. The fourth-order valence-corrected chi connectivity index (χ4v) is 3.31. The number of imidazole rings is 1. The molecule has 0 saturated carbocycles. The lowest BCUT2D eigenvalue weighted by Gasteiger charge is -2.34. The average Bonchev–Trinajstić information content (AvgIpc) is 3.08. The summed E-state index contributed by atoms with van der Waals surface area (Å²) in [7, 11) is 0. The van der Waals surface area contributed by atoms with E-state index in [4.69, 9.17) is 0 Å². The van der Waals surface area contributed by atoms with E-state index >= 15 is 0 Å². The molecule has 21 heavy (non-hydrogen) atoms. The molecular weight excluding hydrogens is 286 g/mol. The fourth-order valence-electron chi connectivity index (χ4n) is 2.45. The van der Waals surface area contributed by atoms with Crippen LogP contribution in [0.25, 0.3) is 0 Å². The van der Waals surface area contributed by atoms with Gasteiger partial charge in [-0.1, -0.05) is 0 Å². The van der Waals surface area contributed by atoms with Crippen LogP contribution >= 0.6 is 11.3 Å². The van der Waals surface area contributed by atoms with Crippen LogP contribution in [0.2, 0.25) is 0 Å². The van der Waals surface area contributed by atoms with E-state index in [2.05, 4.69) is 25.2 Å². The van der Waals surface area contributed by atoms with E-state index in [1.165, 1.54) is 0 Å². The van der Waals surface area contributed by atoms with Crippen molar-refractivity contribution in [2.24, 2.45) is 0 Å². The minimum atomic E-state index is 0.153. The first kappa shape index (κ1) is 14.1. The molecule has 6 nitrogen and oxygen atoms in total. The minimum Gasteiger partial charge on any atom is -0.348 e. The summed E-state index contributed by atoms with van der Waals surface area (Å²) in [6, 6.07) is 0. The Morgan fingerprint density at radius 1 is 1.33 bits per heavy atom. The summed E-state index contributed by atoms with van der Waals surface area (Å²) in [6.07, 6.45) is 2.02. The normalized spacial score (nSPS) is 15.5. The summed E-state index contributed by atoms with van der Waals surface area (Å²) in [5.41, 5.74) is 2.88. The van der Waals surface area contributed by atoms with Crippen LogP contribution in [0.5, 0.6) is 0 Å². The number of piperazine rings is 1. The van der Waals surface area contributed by atoms with Crippen LogP contribution in [0.3, 0.4) is 0 Å². The van der Waals surface area contributed by atoms with Gasteiger partial charge in [-0.2, -0.15) is 0 Å². The Morgan fingerprint density at radius 2 is 2.10 bits per heavy atom. The zero-order valence-corrected chi connectivity index (χ0v) is 13.1. The number of nitrogens with zero attached hydrogens (tertiary/aromatic N) is 4. The highest BCUT2D eigenvalue weighted by molar-refractivity contribution is 7.13. The van der Waals surface area contributed by atoms with E-state index in [-0.39, 0.29) is 5.91 Å². The molecule has 3 heterocycles. The Hall–Kier alpha value is -1.89. The second-order valence-electron chi connectivity index (χ2n) is 5.29. The zero-order valence-electron chi connectivity index (χ0n) is 12.3. The second-order valence-corrected chi connectivity index (χ2v) is 6.13. The molecule has 112 valence electrons. The summed E-state index contributed by atoms with van der Waals surface area (Å²) in [4.78, 5) is 28.2. The maximum Gasteiger partial charge on any atom is 0.228 e. The molecule has 0 aliphatic carbocycles. The SMILES string of the molecule is Cc1csc(N2CCN(C(=O)Cc3nc[nH]c3C)CC2)n1. The molecule has 1 fully saturated rings. The Bertz CT molecular complexity index is 627. The highest BCUT2D eigenvalue weighted by atomic mass is 32.1. The number of thiazole rings is 1. The van der Waals surface area contributed by atoms with Crippen molar-refractivity contribution in [1.29, 1.82) is 0 Å². The molecule has 0 atom stereocenters. The number of nitrogens with one attached hydrogen (secondary N) is 1. The quantitative estimate of drug-likeness (QED) is 0.930. The van der Waals surface area contributed by atoms with E-state index < -0.39 is 0 Å². The number of amides is 1. The molecule has 0 radical (unpaired) electrons.